The fraction of sp³-hybridized carbons (Fsp3) is 0.143. The van der Waals surface area contributed by atoms with E-state index < -0.39 is 0 Å². The number of nitrogens with two attached hydrogens (primary N) is 1. The van der Waals surface area contributed by atoms with Crippen LogP contribution in [0.15, 0.2) is 42.6 Å². The summed E-state index contributed by atoms with van der Waals surface area (Å²) < 4.78 is 13.2. The van der Waals surface area contributed by atoms with Gasteiger partial charge in [0, 0.05) is 18.4 Å². The average molecular weight is 259 g/mol. The molecule has 0 radical (unpaired) electrons. The molecule has 0 atom stereocenters. The highest BCUT2D eigenvalue weighted by Crippen LogP contribution is 2.18. The molecule has 1 heterocycles. The van der Waals surface area contributed by atoms with E-state index in [1.165, 1.54) is 23.2 Å². The largest absolute Gasteiger partial charge is 0.384 e. The Hall–Kier alpha value is -2.43. The van der Waals surface area contributed by atoms with E-state index in [9.17, 15) is 9.18 Å². The third-order valence-electron chi connectivity index (χ3n) is 2.71. The van der Waals surface area contributed by atoms with Crippen molar-refractivity contribution in [1.82, 2.24) is 4.98 Å². The summed E-state index contributed by atoms with van der Waals surface area (Å²) in [5.74, 6) is -0.259. The van der Waals surface area contributed by atoms with Crippen LogP contribution in [-0.4, -0.2) is 17.4 Å². The molecule has 2 aromatic rings. The van der Waals surface area contributed by atoms with Crippen LogP contribution in [0, 0.1) is 5.82 Å². The molecular weight excluding hydrogens is 245 g/mol. The van der Waals surface area contributed by atoms with Crippen LogP contribution in [0.4, 0.5) is 15.9 Å². The van der Waals surface area contributed by atoms with E-state index in [-0.39, 0.29) is 11.7 Å². The topological polar surface area (TPSA) is 59.2 Å². The Balaban J connectivity index is 2.31. The molecule has 0 bridgehead atoms. The average Bonchev–Trinajstić information content (AvgIpc) is 2.40. The molecule has 2 N–H and O–H groups in total. The predicted octanol–water partition coefficient (Wildman–Crippen LogP) is 2.47. The molecule has 98 valence electrons. The summed E-state index contributed by atoms with van der Waals surface area (Å²) in [5.41, 5.74) is 6.42. The molecule has 1 amide bonds. The number of anilines is 2. The van der Waals surface area contributed by atoms with E-state index >= 15 is 0 Å². The van der Waals surface area contributed by atoms with Crippen molar-refractivity contribution < 1.29 is 9.18 Å². The van der Waals surface area contributed by atoms with Crippen LogP contribution in [0.5, 0.6) is 0 Å². The van der Waals surface area contributed by atoms with Crippen LogP contribution >= 0.6 is 0 Å². The van der Waals surface area contributed by atoms with Gasteiger partial charge in [0.15, 0.2) is 0 Å². The third kappa shape index (κ3) is 2.88. The maximum atomic E-state index is 13.2. The van der Waals surface area contributed by atoms with Crippen LogP contribution in [0.2, 0.25) is 0 Å². The number of benzene rings is 1. The zero-order valence-corrected chi connectivity index (χ0v) is 10.5. The molecule has 4 nitrogen and oxygen atoms in total. The van der Waals surface area contributed by atoms with Crippen LogP contribution in [-0.2, 0) is 0 Å². The second kappa shape index (κ2) is 5.48. The normalized spacial score (nSPS) is 10.2. The molecule has 0 saturated heterocycles. The number of aromatic nitrogens is 1. The zero-order valence-electron chi connectivity index (χ0n) is 10.5. The van der Waals surface area contributed by atoms with E-state index in [2.05, 4.69) is 4.98 Å². The lowest BCUT2D eigenvalue weighted by molar-refractivity contribution is 0.0988. The first kappa shape index (κ1) is 13.0. The molecule has 5 heteroatoms. The lowest BCUT2D eigenvalue weighted by Crippen LogP contribution is -2.30. The quantitative estimate of drug-likeness (QED) is 0.921. The summed E-state index contributed by atoms with van der Waals surface area (Å²) in [6.07, 6.45) is 1.42. The second-order valence-electron chi connectivity index (χ2n) is 4.00. The highest BCUT2D eigenvalue weighted by Gasteiger charge is 2.16. The molecule has 0 aliphatic heterocycles. The molecule has 1 aromatic heterocycles. The molecule has 1 aromatic carbocycles. The number of nitrogen functional groups attached to an aromatic ring is 1. The van der Waals surface area contributed by atoms with Gasteiger partial charge in [-0.1, -0.05) is 6.07 Å². The number of amides is 1. The van der Waals surface area contributed by atoms with Gasteiger partial charge in [-0.05, 0) is 37.3 Å². The minimum atomic E-state index is -0.376. The van der Waals surface area contributed by atoms with Crippen molar-refractivity contribution in [3.8, 4) is 0 Å². The van der Waals surface area contributed by atoms with Gasteiger partial charge < -0.3 is 10.6 Å². The maximum Gasteiger partial charge on any atom is 0.259 e. The smallest absolute Gasteiger partial charge is 0.259 e. The minimum absolute atomic E-state index is 0.236. The Morgan fingerprint density at radius 3 is 2.74 bits per heavy atom. The van der Waals surface area contributed by atoms with Gasteiger partial charge in [0.1, 0.15) is 11.6 Å². The van der Waals surface area contributed by atoms with E-state index in [1.807, 2.05) is 6.92 Å². The Morgan fingerprint density at radius 2 is 2.16 bits per heavy atom. The molecule has 0 unspecified atom stereocenters. The van der Waals surface area contributed by atoms with Crippen molar-refractivity contribution in [2.24, 2.45) is 0 Å². The fourth-order valence-electron chi connectivity index (χ4n) is 1.78. The van der Waals surface area contributed by atoms with Crippen molar-refractivity contribution in [1.29, 1.82) is 0 Å². The van der Waals surface area contributed by atoms with Gasteiger partial charge in [-0.25, -0.2) is 9.37 Å². The summed E-state index contributed by atoms with van der Waals surface area (Å²) in [6, 6.07) is 9.09. The second-order valence-corrected chi connectivity index (χ2v) is 4.00. The number of hydrogen-bond acceptors (Lipinski definition) is 3. The first-order valence-corrected chi connectivity index (χ1v) is 5.90. The molecule has 0 fully saturated rings. The zero-order chi connectivity index (χ0) is 13.8. The maximum absolute atomic E-state index is 13.2. The van der Waals surface area contributed by atoms with Gasteiger partial charge >= 0.3 is 0 Å². The summed E-state index contributed by atoms with van der Waals surface area (Å²) in [7, 11) is 0. The molecular formula is C14H14FN3O. The lowest BCUT2D eigenvalue weighted by atomic mass is 10.2. The monoisotopic (exact) mass is 259 g/mol. The van der Waals surface area contributed by atoms with E-state index in [4.69, 9.17) is 5.73 Å². The molecule has 0 saturated carbocycles. The Bertz CT molecular complexity index is 583. The highest BCUT2D eigenvalue weighted by molar-refractivity contribution is 6.05. The Kier molecular flexibility index (Phi) is 3.75. The number of carbonyl (C=O) groups is 1. The Morgan fingerprint density at radius 1 is 1.37 bits per heavy atom. The van der Waals surface area contributed by atoms with Gasteiger partial charge in [-0.3, -0.25) is 4.79 Å². The SMILES string of the molecule is CCN(C(=O)c1ccc(N)nc1)c1cccc(F)c1. The van der Waals surface area contributed by atoms with E-state index in [1.54, 1.807) is 24.3 Å². The molecule has 2 rings (SSSR count). The number of hydrogen-bond donors (Lipinski definition) is 1. The van der Waals surface area contributed by atoms with Crippen molar-refractivity contribution in [2.75, 3.05) is 17.2 Å². The summed E-state index contributed by atoms with van der Waals surface area (Å²) in [4.78, 5) is 17.7. The molecule has 0 spiro atoms. The van der Waals surface area contributed by atoms with Gasteiger partial charge in [0.25, 0.3) is 5.91 Å². The van der Waals surface area contributed by atoms with Gasteiger partial charge in [0.2, 0.25) is 0 Å². The predicted molar refractivity (Wildman–Crippen MR) is 72.4 cm³/mol. The van der Waals surface area contributed by atoms with Gasteiger partial charge in [-0.2, -0.15) is 0 Å². The van der Waals surface area contributed by atoms with Gasteiger partial charge in [0.05, 0.1) is 5.56 Å². The van der Waals surface area contributed by atoms with Crippen molar-refractivity contribution in [3.63, 3.8) is 0 Å². The summed E-state index contributed by atoms with van der Waals surface area (Å²) in [6.45, 7) is 2.26. The van der Waals surface area contributed by atoms with E-state index in [0.717, 1.165) is 0 Å². The molecule has 19 heavy (non-hydrogen) atoms. The van der Waals surface area contributed by atoms with Crippen molar-refractivity contribution >= 4 is 17.4 Å². The number of rotatable bonds is 3. The first-order valence-electron chi connectivity index (χ1n) is 5.90. The standard InChI is InChI=1S/C14H14FN3O/c1-2-18(12-5-3-4-11(15)8-12)14(19)10-6-7-13(16)17-9-10/h3-9H,2H2,1H3,(H2,16,17). The Labute approximate surface area is 110 Å². The van der Waals surface area contributed by atoms with Crippen molar-refractivity contribution in [3.05, 3.63) is 54.0 Å². The van der Waals surface area contributed by atoms with Gasteiger partial charge in [-0.15, -0.1) is 0 Å². The highest BCUT2D eigenvalue weighted by atomic mass is 19.1. The van der Waals surface area contributed by atoms with Crippen molar-refractivity contribution in [2.45, 2.75) is 6.92 Å². The third-order valence-corrected chi connectivity index (χ3v) is 2.71. The number of nitrogens with zero attached hydrogens (tertiary/aromatic N) is 2. The summed E-state index contributed by atoms with van der Waals surface area (Å²) >= 11 is 0. The fourth-order valence-corrected chi connectivity index (χ4v) is 1.78. The number of carbonyl (C=O) groups excluding carboxylic acids is 1. The number of pyridine rings is 1. The van der Waals surface area contributed by atoms with Crippen LogP contribution in [0.3, 0.4) is 0 Å². The van der Waals surface area contributed by atoms with Crippen LogP contribution < -0.4 is 10.6 Å². The van der Waals surface area contributed by atoms with E-state index in [0.29, 0.717) is 23.6 Å². The summed E-state index contributed by atoms with van der Waals surface area (Å²) in [5, 5.41) is 0. The number of halogens is 1. The molecule has 0 aliphatic carbocycles. The van der Waals surface area contributed by atoms with Crippen LogP contribution in [0.1, 0.15) is 17.3 Å². The molecule has 0 aliphatic rings. The lowest BCUT2D eigenvalue weighted by Gasteiger charge is -2.21. The first-order chi connectivity index (χ1) is 9.11. The minimum Gasteiger partial charge on any atom is -0.384 e. The van der Waals surface area contributed by atoms with Crippen LogP contribution in [0.25, 0.3) is 0 Å².